The van der Waals surface area contributed by atoms with Crippen molar-refractivity contribution >= 4 is 46.0 Å². The fraction of sp³-hybridized carbons (Fsp3) is 0.250. The number of rotatable bonds is 6. The molecular weight excluding hydrogens is 424 g/mol. The predicted octanol–water partition coefficient (Wildman–Crippen LogP) is 2.92. The lowest BCUT2D eigenvalue weighted by molar-refractivity contribution is -0.384. The van der Waals surface area contributed by atoms with Crippen LogP contribution in [0.15, 0.2) is 30.3 Å². The van der Waals surface area contributed by atoms with Gasteiger partial charge in [-0.25, -0.2) is 4.79 Å². The van der Waals surface area contributed by atoms with Crippen molar-refractivity contribution in [3.63, 3.8) is 0 Å². The van der Waals surface area contributed by atoms with E-state index in [-0.39, 0.29) is 24.4 Å². The van der Waals surface area contributed by atoms with Gasteiger partial charge in [-0.3, -0.25) is 19.7 Å². The Labute approximate surface area is 181 Å². The van der Waals surface area contributed by atoms with Crippen LogP contribution in [0.25, 0.3) is 6.08 Å². The molecule has 1 aromatic carbocycles. The molecule has 0 spiro atoms. The van der Waals surface area contributed by atoms with E-state index in [2.05, 4.69) is 5.32 Å². The van der Waals surface area contributed by atoms with E-state index < -0.39 is 22.8 Å². The third-order valence-electron chi connectivity index (χ3n) is 4.57. The molecule has 0 bridgehead atoms. The van der Waals surface area contributed by atoms with Gasteiger partial charge < -0.3 is 20.7 Å². The van der Waals surface area contributed by atoms with Gasteiger partial charge in [0.15, 0.2) is 0 Å². The summed E-state index contributed by atoms with van der Waals surface area (Å²) in [7, 11) is 0. The van der Waals surface area contributed by atoms with Crippen molar-refractivity contribution in [1.82, 2.24) is 4.90 Å². The number of non-ortho nitro benzene ring substituents is 1. The van der Waals surface area contributed by atoms with E-state index in [1.54, 1.807) is 13.0 Å². The summed E-state index contributed by atoms with van der Waals surface area (Å²) in [5, 5.41) is 13.8. The first kappa shape index (κ1) is 22.0. The Morgan fingerprint density at radius 1 is 1.39 bits per heavy atom. The fourth-order valence-corrected chi connectivity index (χ4v) is 4.46. The molecule has 3 N–H and O–H groups in total. The van der Waals surface area contributed by atoms with Gasteiger partial charge in [-0.05, 0) is 30.5 Å². The van der Waals surface area contributed by atoms with Gasteiger partial charge in [0.25, 0.3) is 11.6 Å². The minimum atomic E-state index is -0.667. The van der Waals surface area contributed by atoms with Crippen molar-refractivity contribution in [3.05, 3.63) is 62.0 Å². The van der Waals surface area contributed by atoms with Crippen LogP contribution in [0, 0.1) is 10.1 Å². The van der Waals surface area contributed by atoms with Crippen molar-refractivity contribution in [2.45, 2.75) is 19.9 Å². The molecule has 0 atom stereocenters. The van der Waals surface area contributed by atoms with Crippen LogP contribution >= 0.6 is 11.3 Å². The number of carbonyl (C=O) groups is 3. The number of primary amides is 1. The Hall–Kier alpha value is -3.73. The molecule has 0 fully saturated rings. The molecule has 1 aliphatic rings. The Morgan fingerprint density at radius 2 is 2.16 bits per heavy atom. The maximum absolute atomic E-state index is 12.4. The van der Waals surface area contributed by atoms with Gasteiger partial charge in [-0.2, -0.15) is 0 Å². The first-order chi connectivity index (χ1) is 14.8. The van der Waals surface area contributed by atoms with Gasteiger partial charge >= 0.3 is 6.09 Å². The molecule has 1 aliphatic heterocycles. The lowest BCUT2D eigenvalue weighted by atomic mass is 10.0. The number of fused-ring (bicyclic) bond motifs is 1. The SMILES string of the molecule is CCOC(=O)N1CCc2c(sc(NC(=O)/C=C/c3cccc([N+](=O)[O-])c3)c2C(N)=O)C1. The van der Waals surface area contributed by atoms with Gasteiger partial charge in [0.05, 0.1) is 23.6 Å². The van der Waals surface area contributed by atoms with Crippen LogP contribution in [0.4, 0.5) is 15.5 Å². The number of amides is 3. The second-order valence-corrected chi connectivity index (χ2v) is 7.72. The van der Waals surface area contributed by atoms with Crippen molar-refractivity contribution in [2.75, 3.05) is 18.5 Å². The Balaban J connectivity index is 1.78. The second kappa shape index (κ2) is 9.39. The van der Waals surface area contributed by atoms with E-state index in [0.717, 1.165) is 10.4 Å². The highest BCUT2D eigenvalue weighted by Gasteiger charge is 2.29. The average molecular weight is 444 g/mol. The highest BCUT2D eigenvalue weighted by Crippen LogP contribution is 2.37. The number of benzene rings is 1. The third-order valence-corrected chi connectivity index (χ3v) is 5.71. The summed E-state index contributed by atoms with van der Waals surface area (Å²) in [4.78, 5) is 49.0. The first-order valence-corrected chi connectivity index (χ1v) is 10.2. The van der Waals surface area contributed by atoms with Crippen LogP contribution in [0.1, 0.15) is 33.3 Å². The second-order valence-electron chi connectivity index (χ2n) is 6.62. The van der Waals surface area contributed by atoms with Gasteiger partial charge in [0, 0.05) is 29.6 Å². The van der Waals surface area contributed by atoms with E-state index >= 15 is 0 Å². The number of nitro groups is 1. The zero-order chi connectivity index (χ0) is 22.5. The zero-order valence-corrected chi connectivity index (χ0v) is 17.4. The molecule has 162 valence electrons. The summed E-state index contributed by atoms with van der Waals surface area (Å²) in [6.07, 6.45) is 2.63. The maximum atomic E-state index is 12.4. The molecule has 3 amide bonds. The summed E-state index contributed by atoms with van der Waals surface area (Å²) < 4.78 is 5.02. The quantitative estimate of drug-likeness (QED) is 0.398. The summed E-state index contributed by atoms with van der Waals surface area (Å²) in [6, 6.07) is 5.84. The number of hydrogen-bond acceptors (Lipinski definition) is 7. The van der Waals surface area contributed by atoms with Crippen molar-refractivity contribution in [3.8, 4) is 0 Å². The summed E-state index contributed by atoms with van der Waals surface area (Å²) in [5.74, 6) is -1.19. The number of hydrogen-bond donors (Lipinski definition) is 2. The maximum Gasteiger partial charge on any atom is 0.410 e. The van der Waals surface area contributed by atoms with Crippen molar-refractivity contribution in [2.24, 2.45) is 5.73 Å². The van der Waals surface area contributed by atoms with Crippen LogP contribution in [0.2, 0.25) is 0 Å². The minimum absolute atomic E-state index is 0.0874. The number of thiophene rings is 1. The van der Waals surface area contributed by atoms with E-state index in [9.17, 15) is 24.5 Å². The highest BCUT2D eigenvalue weighted by molar-refractivity contribution is 7.17. The molecule has 31 heavy (non-hydrogen) atoms. The topological polar surface area (TPSA) is 145 Å². The summed E-state index contributed by atoms with van der Waals surface area (Å²) in [6.45, 7) is 2.62. The smallest absolute Gasteiger partial charge is 0.410 e. The van der Waals surface area contributed by atoms with Gasteiger partial charge in [-0.15, -0.1) is 11.3 Å². The Kier molecular flexibility index (Phi) is 6.65. The monoisotopic (exact) mass is 444 g/mol. The molecule has 0 saturated carbocycles. The zero-order valence-electron chi connectivity index (χ0n) is 16.6. The van der Waals surface area contributed by atoms with Crippen LogP contribution in [0.3, 0.4) is 0 Å². The summed E-state index contributed by atoms with van der Waals surface area (Å²) in [5.41, 5.74) is 6.89. The molecule has 1 aromatic heterocycles. The minimum Gasteiger partial charge on any atom is -0.450 e. The van der Waals surface area contributed by atoms with E-state index in [1.165, 1.54) is 46.6 Å². The number of carbonyl (C=O) groups excluding carboxylic acids is 3. The van der Waals surface area contributed by atoms with Gasteiger partial charge in [-0.1, -0.05) is 12.1 Å². The number of ether oxygens (including phenoxy) is 1. The molecule has 0 radical (unpaired) electrons. The Bertz CT molecular complexity index is 1080. The number of nitro benzene ring substituents is 1. The predicted molar refractivity (Wildman–Crippen MR) is 115 cm³/mol. The Morgan fingerprint density at radius 3 is 2.84 bits per heavy atom. The van der Waals surface area contributed by atoms with Crippen LogP contribution < -0.4 is 11.1 Å². The standard InChI is InChI=1S/C20H20N4O6S/c1-2-30-20(27)23-9-8-14-15(11-23)31-19(17(14)18(21)26)22-16(25)7-6-12-4-3-5-13(10-12)24(28)29/h3-7,10H,2,8-9,11H2,1H3,(H2,21,26)(H,22,25)/b7-6+. The van der Waals surface area contributed by atoms with Crippen LogP contribution in [-0.4, -0.2) is 40.9 Å². The molecule has 0 saturated heterocycles. The van der Waals surface area contributed by atoms with Crippen LogP contribution in [0.5, 0.6) is 0 Å². The van der Waals surface area contributed by atoms with Gasteiger partial charge in [0.2, 0.25) is 5.91 Å². The number of nitrogens with zero attached hydrogens (tertiary/aromatic N) is 2. The van der Waals surface area contributed by atoms with Crippen molar-refractivity contribution in [1.29, 1.82) is 0 Å². The van der Waals surface area contributed by atoms with E-state index in [0.29, 0.717) is 23.5 Å². The highest BCUT2D eigenvalue weighted by atomic mass is 32.1. The van der Waals surface area contributed by atoms with E-state index in [1.807, 2.05) is 0 Å². The average Bonchev–Trinajstić information content (AvgIpc) is 3.09. The lowest BCUT2D eigenvalue weighted by Crippen LogP contribution is -2.36. The molecule has 0 aliphatic carbocycles. The molecular formula is C20H20N4O6S. The number of nitrogens with one attached hydrogen (secondary N) is 1. The molecule has 10 nitrogen and oxygen atoms in total. The third kappa shape index (κ3) is 5.07. The normalized spacial score (nSPS) is 13.0. The molecule has 11 heteroatoms. The molecule has 0 unspecified atom stereocenters. The van der Waals surface area contributed by atoms with Crippen molar-refractivity contribution < 1.29 is 24.0 Å². The largest absolute Gasteiger partial charge is 0.450 e. The number of anilines is 1. The molecule has 3 rings (SSSR count). The lowest BCUT2D eigenvalue weighted by Gasteiger charge is -2.26. The fourth-order valence-electron chi connectivity index (χ4n) is 3.19. The first-order valence-electron chi connectivity index (χ1n) is 9.39. The van der Waals surface area contributed by atoms with E-state index in [4.69, 9.17) is 10.5 Å². The summed E-state index contributed by atoms with van der Waals surface area (Å²) >= 11 is 1.18. The molecule has 2 aromatic rings. The van der Waals surface area contributed by atoms with Gasteiger partial charge in [0.1, 0.15) is 5.00 Å². The number of nitrogens with two attached hydrogens (primary N) is 1. The molecule has 2 heterocycles. The van der Waals surface area contributed by atoms with Crippen LogP contribution in [-0.2, 0) is 22.5 Å².